The zero-order valence-corrected chi connectivity index (χ0v) is 17.7. The van der Waals surface area contributed by atoms with Gasteiger partial charge in [0, 0.05) is 12.3 Å². The second-order valence-corrected chi connectivity index (χ2v) is 7.64. The summed E-state index contributed by atoms with van der Waals surface area (Å²) in [6.07, 6.45) is 9.98. The minimum absolute atomic E-state index is 0. The smallest absolute Gasteiger partial charge is 0.292 e. The Hall–Kier alpha value is -2.53. The van der Waals surface area contributed by atoms with Gasteiger partial charge in [0.25, 0.3) is 5.91 Å². The molecule has 0 aromatic carbocycles. The molecule has 2 aromatic heterocycles. The molecule has 0 spiro atoms. The Kier molecular flexibility index (Phi) is 7.75. The highest BCUT2D eigenvalue weighted by Gasteiger charge is 2.26. The van der Waals surface area contributed by atoms with Gasteiger partial charge in [0.1, 0.15) is 5.69 Å². The molecule has 0 atom stereocenters. The van der Waals surface area contributed by atoms with Gasteiger partial charge in [0.05, 0.1) is 0 Å². The molecule has 2 aliphatic rings. The molecule has 0 radical (unpaired) electrons. The summed E-state index contributed by atoms with van der Waals surface area (Å²) in [5.41, 5.74) is 10.4. The van der Waals surface area contributed by atoms with Crippen molar-refractivity contribution in [2.45, 2.75) is 64.3 Å². The van der Waals surface area contributed by atoms with Gasteiger partial charge in [-0.15, -0.1) is 17.5 Å². The Bertz CT molecular complexity index is 863. The molecule has 3 heterocycles. The van der Waals surface area contributed by atoms with Gasteiger partial charge in [-0.3, -0.25) is 9.69 Å². The summed E-state index contributed by atoms with van der Waals surface area (Å²) in [5, 5.41) is 20.1. The first kappa shape index (κ1) is 22.2. The van der Waals surface area contributed by atoms with E-state index in [1.165, 1.54) is 23.9 Å². The molecule has 4 rings (SSSR count). The number of carbonyl (C=O) groups excluding carboxylic acids is 1. The molecule has 1 aliphatic heterocycles. The number of hydrogen-bond acceptors (Lipinski definition) is 9. The number of hydrazone groups is 1. The van der Waals surface area contributed by atoms with Crippen LogP contribution in [0, 0.1) is 0 Å². The van der Waals surface area contributed by atoms with Gasteiger partial charge in [0.15, 0.2) is 5.69 Å². The average molecular weight is 438 g/mol. The van der Waals surface area contributed by atoms with Crippen LogP contribution in [0.5, 0.6) is 0 Å². The standard InChI is InChI=1S/C18H27N9O2.ClH/c19-16-17(24-29-23-16)27-15(14(21-25-27)12-26-10-6-3-7-11-26)18(28)22-20-13-8-4-1-2-5-9-13;/h1-12H2,(H2,19,23)(H,22,28);1H. The molecular formula is C18H28ClN9O2. The summed E-state index contributed by atoms with van der Waals surface area (Å²) in [5.74, 6) is -0.195. The third-order valence-electron chi connectivity index (χ3n) is 5.47. The lowest BCUT2D eigenvalue weighted by Gasteiger charge is -2.25. The Morgan fingerprint density at radius 2 is 1.77 bits per heavy atom. The van der Waals surface area contributed by atoms with E-state index in [0.29, 0.717) is 12.2 Å². The molecule has 1 saturated carbocycles. The van der Waals surface area contributed by atoms with Crippen LogP contribution in [0.2, 0.25) is 0 Å². The molecule has 1 aliphatic carbocycles. The molecule has 11 nitrogen and oxygen atoms in total. The van der Waals surface area contributed by atoms with Gasteiger partial charge in [-0.05, 0) is 61.9 Å². The van der Waals surface area contributed by atoms with E-state index in [2.05, 4.69) is 40.7 Å². The van der Waals surface area contributed by atoms with Gasteiger partial charge in [-0.25, -0.2) is 10.1 Å². The first-order valence-electron chi connectivity index (χ1n) is 10.3. The van der Waals surface area contributed by atoms with Crippen molar-refractivity contribution in [2.75, 3.05) is 18.8 Å². The Morgan fingerprint density at radius 1 is 1.07 bits per heavy atom. The van der Waals surface area contributed by atoms with E-state index in [9.17, 15) is 4.79 Å². The molecule has 0 unspecified atom stereocenters. The number of amides is 1. The van der Waals surface area contributed by atoms with E-state index in [4.69, 9.17) is 5.73 Å². The Labute approximate surface area is 180 Å². The topological polar surface area (TPSA) is 140 Å². The van der Waals surface area contributed by atoms with Crippen molar-refractivity contribution in [3.63, 3.8) is 0 Å². The molecule has 12 heteroatoms. The van der Waals surface area contributed by atoms with Crippen LogP contribution >= 0.6 is 12.4 Å². The number of nitrogens with one attached hydrogen (secondary N) is 1. The third-order valence-corrected chi connectivity index (χ3v) is 5.47. The maximum Gasteiger partial charge on any atom is 0.292 e. The molecule has 2 fully saturated rings. The van der Waals surface area contributed by atoms with Crippen LogP contribution in [-0.2, 0) is 6.54 Å². The number of likely N-dealkylation sites (tertiary alicyclic amines) is 1. The largest absolute Gasteiger partial charge is 0.378 e. The predicted octanol–water partition coefficient (Wildman–Crippen LogP) is 2.08. The molecule has 2 aromatic rings. The molecule has 1 amide bonds. The fourth-order valence-corrected chi connectivity index (χ4v) is 3.89. The zero-order chi connectivity index (χ0) is 20.1. The number of nitrogens with two attached hydrogens (primary N) is 1. The summed E-state index contributed by atoms with van der Waals surface area (Å²) >= 11 is 0. The number of carbonyl (C=O) groups is 1. The number of anilines is 1. The average Bonchev–Trinajstić information content (AvgIpc) is 3.24. The van der Waals surface area contributed by atoms with Gasteiger partial charge in [-0.1, -0.05) is 24.5 Å². The SMILES string of the molecule is Cl.Nc1nonc1-n1nnc(CN2CCCCC2)c1C(=O)NN=C1CCCCCC1. The van der Waals surface area contributed by atoms with Gasteiger partial charge in [-0.2, -0.15) is 9.78 Å². The molecule has 3 N–H and O–H groups in total. The summed E-state index contributed by atoms with van der Waals surface area (Å²) in [7, 11) is 0. The monoisotopic (exact) mass is 437 g/mol. The van der Waals surface area contributed by atoms with Crippen LogP contribution in [-0.4, -0.2) is 54.9 Å². The molecule has 164 valence electrons. The number of hydrogen-bond donors (Lipinski definition) is 2. The number of rotatable bonds is 5. The minimum atomic E-state index is -0.388. The van der Waals surface area contributed by atoms with Crippen molar-refractivity contribution >= 4 is 29.8 Å². The molecule has 30 heavy (non-hydrogen) atoms. The fourth-order valence-electron chi connectivity index (χ4n) is 3.89. The summed E-state index contributed by atoms with van der Waals surface area (Å²) in [6.45, 7) is 2.48. The van der Waals surface area contributed by atoms with E-state index in [0.717, 1.165) is 57.3 Å². The first-order valence-corrected chi connectivity index (χ1v) is 10.3. The first-order chi connectivity index (χ1) is 14.2. The van der Waals surface area contributed by atoms with Gasteiger partial charge >= 0.3 is 0 Å². The van der Waals surface area contributed by atoms with E-state index < -0.39 is 0 Å². The number of aromatic nitrogens is 5. The number of halogens is 1. The lowest BCUT2D eigenvalue weighted by Crippen LogP contribution is -2.31. The van der Waals surface area contributed by atoms with Crippen molar-refractivity contribution in [1.29, 1.82) is 0 Å². The van der Waals surface area contributed by atoms with Crippen LogP contribution < -0.4 is 11.2 Å². The number of nitrogen functional groups attached to an aromatic ring is 1. The minimum Gasteiger partial charge on any atom is -0.378 e. The maximum atomic E-state index is 13.1. The van der Waals surface area contributed by atoms with Crippen LogP contribution in [0.25, 0.3) is 5.82 Å². The highest BCUT2D eigenvalue weighted by atomic mass is 35.5. The van der Waals surface area contributed by atoms with E-state index in [1.54, 1.807) is 0 Å². The van der Waals surface area contributed by atoms with Crippen molar-refractivity contribution in [3.8, 4) is 5.82 Å². The fraction of sp³-hybridized carbons (Fsp3) is 0.667. The van der Waals surface area contributed by atoms with Crippen LogP contribution in [0.15, 0.2) is 9.73 Å². The van der Waals surface area contributed by atoms with Crippen molar-refractivity contribution < 1.29 is 9.42 Å². The Balaban J connectivity index is 0.00000256. The third kappa shape index (κ3) is 5.14. The van der Waals surface area contributed by atoms with Crippen molar-refractivity contribution in [2.24, 2.45) is 5.10 Å². The van der Waals surface area contributed by atoms with Crippen LogP contribution in [0.3, 0.4) is 0 Å². The normalized spacial score (nSPS) is 17.8. The summed E-state index contributed by atoms with van der Waals surface area (Å²) in [4.78, 5) is 15.3. The second-order valence-electron chi connectivity index (χ2n) is 7.64. The molecular weight excluding hydrogens is 410 g/mol. The van der Waals surface area contributed by atoms with Gasteiger partial charge in [0.2, 0.25) is 11.6 Å². The van der Waals surface area contributed by atoms with Crippen molar-refractivity contribution in [1.82, 2.24) is 35.6 Å². The number of piperidine rings is 1. The van der Waals surface area contributed by atoms with Crippen molar-refractivity contribution in [3.05, 3.63) is 11.4 Å². The number of nitrogens with zero attached hydrogens (tertiary/aromatic N) is 7. The van der Waals surface area contributed by atoms with Gasteiger partial charge < -0.3 is 5.73 Å². The lowest BCUT2D eigenvalue weighted by atomic mass is 10.1. The Morgan fingerprint density at radius 3 is 2.43 bits per heavy atom. The summed E-state index contributed by atoms with van der Waals surface area (Å²) in [6, 6.07) is 0. The van der Waals surface area contributed by atoms with E-state index in [1.807, 2.05) is 0 Å². The van der Waals surface area contributed by atoms with E-state index in [-0.39, 0.29) is 35.6 Å². The molecule has 0 bridgehead atoms. The molecule has 1 saturated heterocycles. The van der Waals surface area contributed by atoms with Crippen LogP contribution in [0.1, 0.15) is 74.0 Å². The van der Waals surface area contributed by atoms with E-state index >= 15 is 0 Å². The highest BCUT2D eigenvalue weighted by Crippen LogP contribution is 2.19. The quantitative estimate of drug-likeness (QED) is 0.535. The summed E-state index contributed by atoms with van der Waals surface area (Å²) < 4.78 is 5.96. The lowest BCUT2D eigenvalue weighted by molar-refractivity contribution is 0.0944. The maximum absolute atomic E-state index is 13.1. The highest BCUT2D eigenvalue weighted by molar-refractivity contribution is 5.95. The predicted molar refractivity (Wildman–Crippen MR) is 113 cm³/mol. The zero-order valence-electron chi connectivity index (χ0n) is 16.9. The van der Waals surface area contributed by atoms with Crippen LogP contribution in [0.4, 0.5) is 5.82 Å². The second kappa shape index (κ2) is 10.5.